The van der Waals surface area contributed by atoms with Crippen LogP contribution in [-0.4, -0.2) is 24.0 Å². The number of thiocarbonyl (C=S) groups is 1. The Kier molecular flexibility index (Phi) is 7.16. The third-order valence-corrected chi connectivity index (χ3v) is 3.88. The van der Waals surface area contributed by atoms with Crippen LogP contribution in [-0.2, 0) is 0 Å². The highest BCUT2D eigenvalue weighted by molar-refractivity contribution is 7.80. The average molecular weight is 319 g/mol. The van der Waals surface area contributed by atoms with Crippen LogP contribution < -0.4 is 15.5 Å². The van der Waals surface area contributed by atoms with Gasteiger partial charge in [0.15, 0.2) is 5.11 Å². The van der Waals surface area contributed by atoms with Crippen molar-refractivity contribution < 1.29 is 4.74 Å². The lowest BCUT2D eigenvalue weighted by Crippen LogP contribution is -2.40. The lowest BCUT2D eigenvalue weighted by Gasteiger charge is -2.23. The van der Waals surface area contributed by atoms with Gasteiger partial charge >= 0.3 is 0 Å². The van der Waals surface area contributed by atoms with E-state index in [0.29, 0.717) is 11.2 Å². The molecular weight excluding hydrogens is 294 g/mol. The summed E-state index contributed by atoms with van der Waals surface area (Å²) in [6.07, 6.45) is 9.09. The first-order valence-corrected chi connectivity index (χ1v) is 8.51. The van der Waals surface area contributed by atoms with E-state index >= 15 is 0 Å². The monoisotopic (exact) mass is 319 g/mol. The molecule has 0 unspecified atom stereocenters. The molecule has 1 fully saturated rings. The van der Waals surface area contributed by atoms with Gasteiger partial charge in [0.05, 0.1) is 12.8 Å². The summed E-state index contributed by atoms with van der Waals surface area (Å²) in [6.45, 7) is 2.84. The molecule has 2 rings (SSSR count). The van der Waals surface area contributed by atoms with Gasteiger partial charge in [0.2, 0.25) is 0 Å². The van der Waals surface area contributed by atoms with Crippen molar-refractivity contribution in [2.75, 3.05) is 6.61 Å². The van der Waals surface area contributed by atoms with E-state index < -0.39 is 0 Å². The summed E-state index contributed by atoms with van der Waals surface area (Å²) in [7, 11) is 0. The predicted octanol–water partition coefficient (Wildman–Crippen LogP) is 3.61. The molecule has 0 aromatic heterocycles. The van der Waals surface area contributed by atoms with Crippen molar-refractivity contribution in [2.24, 2.45) is 5.10 Å². The molecule has 5 heteroatoms. The minimum atomic E-state index is 0.499. The Morgan fingerprint density at radius 1 is 1.27 bits per heavy atom. The van der Waals surface area contributed by atoms with Crippen molar-refractivity contribution >= 4 is 23.5 Å². The Morgan fingerprint density at radius 3 is 2.68 bits per heavy atom. The summed E-state index contributed by atoms with van der Waals surface area (Å²) < 4.78 is 5.55. The van der Waals surface area contributed by atoms with Gasteiger partial charge in [0.25, 0.3) is 0 Å². The van der Waals surface area contributed by atoms with Crippen molar-refractivity contribution in [1.29, 1.82) is 0 Å². The molecule has 22 heavy (non-hydrogen) atoms. The molecule has 4 nitrogen and oxygen atoms in total. The standard InChI is InChI=1S/C17H25N3OS/c1-2-12-21-16-10-8-14(9-11-16)13-18-20-17(22)19-15-6-4-3-5-7-15/h8-11,13,15H,2-7,12H2,1H3,(H2,19,20,22)/b18-13+. The largest absolute Gasteiger partial charge is 0.494 e. The molecule has 1 aliphatic rings. The van der Waals surface area contributed by atoms with Crippen LogP contribution in [0.1, 0.15) is 51.0 Å². The summed E-state index contributed by atoms with van der Waals surface area (Å²) in [6, 6.07) is 8.37. The highest BCUT2D eigenvalue weighted by Crippen LogP contribution is 2.17. The van der Waals surface area contributed by atoms with Crippen LogP contribution in [0.15, 0.2) is 29.4 Å². The molecule has 0 saturated heterocycles. The minimum absolute atomic E-state index is 0.499. The molecule has 0 atom stereocenters. The van der Waals surface area contributed by atoms with Crippen molar-refractivity contribution in [1.82, 2.24) is 10.7 Å². The van der Waals surface area contributed by atoms with Gasteiger partial charge in [-0.3, -0.25) is 5.43 Å². The maximum atomic E-state index is 5.55. The smallest absolute Gasteiger partial charge is 0.187 e. The van der Waals surface area contributed by atoms with Gasteiger partial charge in [0, 0.05) is 6.04 Å². The van der Waals surface area contributed by atoms with Gasteiger partial charge in [-0.25, -0.2) is 0 Å². The van der Waals surface area contributed by atoms with Crippen molar-refractivity contribution in [3.05, 3.63) is 29.8 Å². The van der Waals surface area contributed by atoms with Crippen molar-refractivity contribution in [3.8, 4) is 5.75 Å². The maximum absolute atomic E-state index is 5.55. The normalized spacial score (nSPS) is 15.7. The molecule has 0 aliphatic heterocycles. The molecule has 0 bridgehead atoms. The fraction of sp³-hybridized carbons (Fsp3) is 0.529. The Labute approximate surface area is 138 Å². The van der Waals surface area contributed by atoms with E-state index in [1.54, 1.807) is 6.21 Å². The molecule has 0 heterocycles. The van der Waals surface area contributed by atoms with E-state index in [2.05, 4.69) is 22.8 Å². The SMILES string of the molecule is CCCOc1ccc(/C=N/NC(=S)NC2CCCCC2)cc1. The number of nitrogens with zero attached hydrogens (tertiary/aromatic N) is 1. The topological polar surface area (TPSA) is 45.6 Å². The second-order valence-corrected chi connectivity index (χ2v) is 6.00. The molecule has 1 aliphatic carbocycles. The van der Waals surface area contributed by atoms with Gasteiger partial charge in [-0.05, 0) is 61.3 Å². The van der Waals surface area contributed by atoms with Gasteiger partial charge in [-0.1, -0.05) is 26.2 Å². The van der Waals surface area contributed by atoms with Crippen LogP contribution in [0.2, 0.25) is 0 Å². The Morgan fingerprint density at radius 2 is 2.00 bits per heavy atom. The first-order valence-electron chi connectivity index (χ1n) is 8.10. The van der Waals surface area contributed by atoms with E-state index in [1.165, 1.54) is 32.1 Å². The van der Waals surface area contributed by atoms with E-state index in [0.717, 1.165) is 24.3 Å². The van der Waals surface area contributed by atoms with Crippen LogP contribution >= 0.6 is 12.2 Å². The summed E-state index contributed by atoms with van der Waals surface area (Å²) >= 11 is 5.26. The third kappa shape index (κ3) is 6.02. The van der Waals surface area contributed by atoms with Crippen LogP contribution in [0.4, 0.5) is 0 Å². The van der Waals surface area contributed by atoms with Crippen LogP contribution in [0.5, 0.6) is 5.75 Å². The number of hydrazone groups is 1. The third-order valence-electron chi connectivity index (χ3n) is 3.67. The Balaban J connectivity index is 1.72. The molecule has 1 aromatic carbocycles. The van der Waals surface area contributed by atoms with E-state index in [4.69, 9.17) is 17.0 Å². The maximum Gasteiger partial charge on any atom is 0.187 e. The lowest BCUT2D eigenvalue weighted by molar-refractivity contribution is 0.317. The molecule has 0 amide bonds. The molecule has 1 saturated carbocycles. The van der Waals surface area contributed by atoms with Gasteiger partial charge in [-0.2, -0.15) is 5.10 Å². The molecule has 120 valence electrons. The summed E-state index contributed by atoms with van der Waals surface area (Å²) in [5.41, 5.74) is 3.90. The highest BCUT2D eigenvalue weighted by atomic mass is 32.1. The number of nitrogens with one attached hydrogen (secondary N) is 2. The second kappa shape index (κ2) is 9.41. The van der Waals surface area contributed by atoms with E-state index in [1.807, 2.05) is 24.3 Å². The fourth-order valence-electron chi connectivity index (χ4n) is 2.50. The minimum Gasteiger partial charge on any atom is -0.494 e. The second-order valence-electron chi connectivity index (χ2n) is 5.60. The van der Waals surface area contributed by atoms with Gasteiger partial charge in [-0.15, -0.1) is 0 Å². The van der Waals surface area contributed by atoms with Crippen LogP contribution in [0, 0.1) is 0 Å². The predicted molar refractivity (Wildman–Crippen MR) is 95.6 cm³/mol. The number of rotatable bonds is 6. The molecular formula is C17H25N3OS. The summed E-state index contributed by atoms with van der Waals surface area (Å²) in [5.74, 6) is 0.890. The molecule has 1 aromatic rings. The first-order chi connectivity index (χ1) is 10.8. The zero-order chi connectivity index (χ0) is 15.6. The zero-order valence-electron chi connectivity index (χ0n) is 13.2. The van der Waals surface area contributed by atoms with Gasteiger partial charge in [0.1, 0.15) is 5.75 Å². The summed E-state index contributed by atoms with van der Waals surface area (Å²) in [4.78, 5) is 0. The van der Waals surface area contributed by atoms with Gasteiger partial charge < -0.3 is 10.1 Å². The number of ether oxygens (including phenoxy) is 1. The Bertz CT molecular complexity index is 481. The Hall–Kier alpha value is -1.62. The quantitative estimate of drug-likeness (QED) is 0.478. The summed E-state index contributed by atoms with van der Waals surface area (Å²) in [5, 5.41) is 8.11. The van der Waals surface area contributed by atoms with Crippen LogP contribution in [0.3, 0.4) is 0 Å². The average Bonchev–Trinajstić information content (AvgIpc) is 2.55. The zero-order valence-corrected chi connectivity index (χ0v) is 14.0. The number of benzene rings is 1. The number of hydrogen-bond acceptors (Lipinski definition) is 3. The molecule has 0 radical (unpaired) electrons. The molecule has 2 N–H and O–H groups in total. The lowest BCUT2D eigenvalue weighted by atomic mass is 9.96. The number of hydrogen-bond donors (Lipinski definition) is 2. The van der Waals surface area contributed by atoms with Crippen molar-refractivity contribution in [2.45, 2.75) is 51.5 Å². The van der Waals surface area contributed by atoms with Crippen molar-refractivity contribution in [3.63, 3.8) is 0 Å². The fourth-order valence-corrected chi connectivity index (χ4v) is 2.72. The van der Waals surface area contributed by atoms with Crippen LogP contribution in [0.25, 0.3) is 0 Å². The highest BCUT2D eigenvalue weighted by Gasteiger charge is 2.13. The van der Waals surface area contributed by atoms with E-state index in [-0.39, 0.29) is 0 Å². The van der Waals surface area contributed by atoms with E-state index in [9.17, 15) is 0 Å². The molecule has 0 spiro atoms. The first kappa shape index (κ1) is 16.7.